The van der Waals surface area contributed by atoms with Crippen LogP contribution in [0.3, 0.4) is 0 Å². The van der Waals surface area contributed by atoms with E-state index in [-0.39, 0.29) is 40.2 Å². The Morgan fingerprint density at radius 1 is 0.974 bits per heavy atom. The first kappa shape index (κ1) is 27.3. The second kappa shape index (κ2) is 11.7. The van der Waals surface area contributed by atoms with Crippen LogP contribution in [0.15, 0.2) is 72.9 Å². The van der Waals surface area contributed by atoms with E-state index in [4.69, 9.17) is 4.74 Å². The normalized spacial score (nSPS) is 11.6. The van der Waals surface area contributed by atoms with Crippen molar-refractivity contribution >= 4 is 28.7 Å². The van der Waals surface area contributed by atoms with Crippen LogP contribution < -0.4 is 5.32 Å². The number of amides is 2. The molecule has 0 bridgehead atoms. The molecule has 0 radical (unpaired) electrons. The Morgan fingerprint density at radius 2 is 1.67 bits per heavy atom. The van der Waals surface area contributed by atoms with Crippen LogP contribution in [-0.4, -0.2) is 60.0 Å². The Morgan fingerprint density at radius 3 is 2.31 bits per heavy atom. The first-order valence-corrected chi connectivity index (χ1v) is 12.2. The Balaban J connectivity index is 1.77. The molecule has 0 aliphatic rings. The zero-order valence-electron chi connectivity index (χ0n) is 21.8. The van der Waals surface area contributed by atoms with Crippen LogP contribution in [0.4, 0.5) is 4.39 Å². The maximum atomic E-state index is 13.7. The Bertz CT molecular complexity index is 1520. The SMILES string of the molecule is COC(=O)c1cc(C(=O)N[C@@H](Cc2ccccc2)C(=O)N(C)C)c2cc(Cc3ccc(F)cc3)cnc2c1O. The summed E-state index contributed by atoms with van der Waals surface area (Å²) in [5.74, 6) is -2.55. The van der Waals surface area contributed by atoms with Gasteiger partial charge in [-0.15, -0.1) is 0 Å². The lowest BCUT2D eigenvalue weighted by Crippen LogP contribution is -2.47. The summed E-state index contributed by atoms with van der Waals surface area (Å²) in [4.78, 5) is 44.8. The summed E-state index contributed by atoms with van der Waals surface area (Å²) in [6.45, 7) is 0. The van der Waals surface area contributed by atoms with Crippen molar-refractivity contribution in [1.82, 2.24) is 15.2 Å². The molecule has 2 N–H and O–H groups in total. The molecule has 0 aliphatic heterocycles. The number of hydrogen-bond donors (Lipinski definition) is 2. The van der Waals surface area contributed by atoms with E-state index < -0.39 is 23.7 Å². The van der Waals surface area contributed by atoms with Crippen molar-refractivity contribution in [3.8, 4) is 5.75 Å². The number of methoxy groups -OCH3 is 1. The number of benzene rings is 3. The molecule has 4 aromatic rings. The first-order chi connectivity index (χ1) is 18.7. The number of aromatic hydroxyl groups is 1. The zero-order chi connectivity index (χ0) is 28.1. The van der Waals surface area contributed by atoms with E-state index in [0.29, 0.717) is 12.0 Å². The number of phenolic OH excluding ortho intramolecular Hbond substituents is 1. The molecule has 1 aromatic heterocycles. The molecule has 200 valence electrons. The van der Waals surface area contributed by atoms with Gasteiger partial charge in [0.2, 0.25) is 5.91 Å². The largest absolute Gasteiger partial charge is 0.505 e. The van der Waals surface area contributed by atoms with Crippen molar-refractivity contribution in [3.63, 3.8) is 0 Å². The first-order valence-electron chi connectivity index (χ1n) is 12.2. The van der Waals surface area contributed by atoms with Crippen LogP contribution in [-0.2, 0) is 22.4 Å². The number of halogens is 1. The maximum absolute atomic E-state index is 13.7. The number of phenols is 1. The molecule has 0 spiro atoms. The number of nitrogens with one attached hydrogen (secondary N) is 1. The van der Waals surface area contributed by atoms with Crippen LogP contribution in [0.1, 0.15) is 37.4 Å². The fourth-order valence-corrected chi connectivity index (χ4v) is 4.31. The van der Waals surface area contributed by atoms with Crippen LogP contribution in [0.5, 0.6) is 5.75 Å². The van der Waals surface area contributed by atoms with Crippen LogP contribution in [0.2, 0.25) is 0 Å². The number of aromatic nitrogens is 1. The highest BCUT2D eigenvalue weighted by molar-refractivity contribution is 6.12. The molecule has 0 saturated carbocycles. The van der Waals surface area contributed by atoms with Crippen LogP contribution >= 0.6 is 0 Å². The summed E-state index contributed by atoms with van der Waals surface area (Å²) >= 11 is 0. The van der Waals surface area contributed by atoms with Gasteiger partial charge in [-0.3, -0.25) is 14.6 Å². The number of esters is 1. The number of ether oxygens (including phenoxy) is 1. The fraction of sp³-hybridized carbons (Fsp3) is 0.200. The van der Waals surface area contributed by atoms with Crippen molar-refractivity contribution in [2.24, 2.45) is 0 Å². The van der Waals surface area contributed by atoms with E-state index in [0.717, 1.165) is 18.2 Å². The number of likely N-dealkylation sites (N-methyl/N-ethyl adjacent to an activating group) is 1. The molecule has 9 heteroatoms. The van der Waals surface area contributed by atoms with Gasteiger partial charge in [0.1, 0.15) is 22.9 Å². The van der Waals surface area contributed by atoms with Crippen molar-refractivity contribution in [1.29, 1.82) is 0 Å². The lowest BCUT2D eigenvalue weighted by atomic mass is 9.98. The number of fused-ring (bicyclic) bond motifs is 1. The van der Waals surface area contributed by atoms with Crippen LogP contribution in [0.25, 0.3) is 10.9 Å². The van der Waals surface area contributed by atoms with Crippen molar-refractivity contribution in [2.75, 3.05) is 21.2 Å². The molecule has 0 saturated heterocycles. The summed E-state index contributed by atoms with van der Waals surface area (Å²) in [7, 11) is 4.36. The van der Waals surface area contributed by atoms with E-state index >= 15 is 0 Å². The average Bonchev–Trinajstić information content (AvgIpc) is 2.93. The second-order valence-corrected chi connectivity index (χ2v) is 9.30. The topological polar surface area (TPSA) is 109 Å². The third-order valence-electron chi connectivity index (χ3n) is 6.30. The monoisotopic (exact) mass is 529 g/mol. The van der Waals surface area contributed by atoms with Gasteiger partial charge in [-0.25, -0.2) is 9.18 Å². The highest BCUT2D eigenvalue weighted by Gasteiger charge is 2.27. The summed E-state index contributed by atoms with van der Waals surface area (Å²) in [6, 6.07) is 17.3. The quantitative estimate of drug-likeness (QED) is 0.335. The number of carbonyl (C=O) groups is 3. The number of rotatable bonds is 8. The lowest BCUT2D eigenvalue weighted by Gasteiger charge is -2.22. The molecular formula is C30H28FN3O5. The molecule has 0 aliphatic carbocycles. The van der Waals surface area contributed by atoms with Gasteiger partial charge in [0.05, 0.1) is 7.11 Å². The standard InChI is InChI=1S/C30H28FN3O5/c1-34(2)29(37)25(15-18-7-5-4-6-8-18)33-28(36)23-16-24(30(38)39-3)27(35)26-22(23)14-20(17-32-26)13-19-9-11-21(31)12-10-19/h4-12,14,16-17,25,35H,13,15H2,1-3H3,(H,33,36)/t25-/m0/s1. The average molecular weight is 530 g/mol. The summed E-state index contributed by atoms with van der Waals surface area (Å²) in [5.41, 5.74) is 2.21. The third-order valence-corrected chi connectivity index (χ3v) is 6.30. The minimum Gasteiger partial charge on any atom is -0.505 e. The molecule has 39 heavy (non-hydrogen) atoms. The van der Waals surface area contributed by atoms with E-state index in [1.807, 2.05) is 30.3 Å². The molecule has 1 atom stereocenters. The van der Waals surface area contributed by atoms with E-state index in [9.17, 15) is 23.9 Å². The zero-order valence-corrected chi connectivity index (χ0v) is 21.8. The number of pyridine rings is 1. The van der Waals surface area contributed by atoms with Gasteiger partial charge < -0.3 is 20.1 Å². The van der Waals surface area contributed by atoms with Crippen molar-refractivity contribution in [3.05, 3.63) is 107 Å². The molecule has 0 fully saturated rings. The fourth-order valence-electron chi connectivity index (χ4n) is 4.31. The second-order valence-electron chi connectivity index (χ2n) is 9.30. The van der Waals surface area contributed by atoms with E-state index in [1.54, 1.807) is 32.3 Å². The van der Waals surface area contributed by atoms with Gasteiger partial charge in [-0.1, -0.05) is 42.5 Å². The van der Waals surface area contributed by atoms with Crippen molar-refractivity contribution < 1.29 is 28.6 Å². The minimum atomic E-state index is -0.893. The van der Waals surface area contributed by atoms with Gasteiger partial charge in [0.15, 0.2) is 5.75 Å². The predicted molar refractivity (Wildman–Crippen MR) is 144 cm³/mol. The van der Waals surface area contributed by atoms with E-state index in [1.165, 1.54) is 29.3 Å². The number of nitrogens with zero attached hydrogens (tertiary/aromatic N) is 2. The highest BCUT2D eigenvalue weighted by atomic mass is 19.1. The van der Waals surface area contributed by atoms with E-state index in [2.05, 4.69) is 10.3 Å². The summed E-state index contributed by atoms with van der Waals surface area (Å²) in [5, 5.41) is 13.9. The van der Waals surface area contributed by atoms with Gasteiger partial charge in [-0.05, 0) is 47.4 Å². The van der Waals surface area contributed by atoms with Gasteiger partial charge in [0.25, 0.3) is 5.91 Å². The lowest BCUT2D eigenvalue weighted by molar-refractivity contribution is -0.130. The Kier molecular flexibility index (Phi) is 8.19. The molecule has 3 aromatic carbocycles. The van der Waals surface area contributed by atoms with Gasteiger partial charge >= 0.3 is 5.97 Å². The Hall–Kier alpha value is -4.79. The number of hydrogen-bond acceptors (Lipinski definition) is 6. The minimum absolute atomic E-state index is 0.0319. The molecular weight excluding hydrogens is 501 g/mol. The molecule has 0 unspecified atom stereocenters. The van der Waals surface area contributed by atoms with Gasteiger partial charge in [0, 0.05) is 37.7 Å². The van der Waals surface area contributed by atoms with Crippen molar-refractivity contribution in [2.45, 2.75) is 18.9 Å². The summed E-state index contributed by atoms with van der Waals surface area (Å²) in [6.07, 6.45) is 2.15. The highest BCUT2D eigenvalue weighted by Crippen LogP contribution is 2.32. The molecule has 8 nitrogen and oxygen atoms in total. The molecule has 1 heterocycles. The molecule has 2 amide bonds. The number of carbonyl (C=O) groups excluding carboxylic acids is 3. The Labute approximate surface area is 225 Å². The third kappa shape index (κ3) is 6.20. The maximum Gasteiger partial charge on any atom is 0.341 e. The molecule has 4 rings (SSSR count). The van der Waals surface area contributed by atoms with Crippen LogP contribution in [0, 0.1) is 5.82 Å². The smallest absolute Gasteiger partial charge is 0.341 e. The summed E-state index contributed by atoms with van der Waals surface area (Å²) < 4.78 is 18.1. The van der Waals surface area contributed by atoms with Gasteiger partial charge in [-0.2, -0.15) is 0 Å². The predicted octanol–water partition coefficient (Wildman–Crippen LogP) is 3.89.